The van der Waals surface area contributed by atoms with Gasteiger partial charge in [-0.05, 0) is 55.0 Å². The zero-order valence-corrected chi connectivity index (χ0v) is 28.2. The highest BCUT2D eigenvalue weighted by Crippen LogP contribution is 2.49. The van der Waals surface area contributed by atoms with E-state index in [0.29, 0.717) is 0 Å². The van der Waals surface area contributed by atoms with E-state index in [4.69, 9.17) is 4.42 Å². The fourth-order valence-corrected chi connectivity index (χ4v) is 9.24. The van der Waals surface area contributed by atoms with E-state index in [2.05, 4.69) is 184 Å². The molecule has 1 unspecified atom stereocenters. The van der Waals surface area contributed by atoms with Crippen LogP contribution >= 0.6 is 0 Å². The van der Waals surface area contributed by atoms with Crippen LogP contribution in [0, 0.1) is 0 Å². The van der Waals surface area contributed by atoms with Gasteiger partial charge in [0.25, 0.3) is 0 Å². The van der Waals surface area contributed by atoms with Gasteiger partial charge in [0.15, 0.2) is 5.58 Å². The number of furan rings is 1. The molecule has 0 amide bonds. The first-order valence-electron chi connectivity index (χ1n) is 18.1. The van der Waals surface area contributed by atoms with Crippen LogP contribution in [0.15, 0.2) is 174 Å². The molecule has 1 aliphatic rings. The molecule has 0 spiro atoms. The lowest BCUT2D eigenvalue weighted by Gasteiger charge is -2.19. The molecule has 0 radical (unpaired) electrons. The Hall–Kier alpha value is -6.78. The second kappa shape index (κ2) is 10.4. The molecule has 4 aromatic heterocycles. The molecular formula is C48H31N3O. The third-order valence-electron chi connectivity index (χ3n) is 11.3. The van der Waals surface area contributed by atoms with Crippen molar-refractivity contribution in [2.24, 2.45) is 0 Å². The zero-order chi connectivity index (χ0) is 33.9. The molecule has 52 heavy (non-hydrogen) atoms. The Morgan fingerprint density at radius 2 is 1.10 bits per heavy atom. The molecule has 7 aromatic carbocycles. The lowest BCUT2D eigenvalue weighted by molar-refractivity contribution is 0.648. The first-order valence-corrected chi connectivity index (χ1v) is 18.1. The van der Waals surface area contributed by atoms with Gasteiger partial charge < -0.3 is 18.1 Å². The SMILES string of the molecule is C1=CCC(n2c3ccccc3c3ccc(-n4c5ccccc5c5c4c4oc6ccccc6c4c4c6ccccc6n(-c6ccccc6)c45)cc32)C=C1. The number of para-hydroxylation sites is 5. The van der Waals surface area contributed by atoms with Crippen LogP contribution in [0.3, 0.4) is 0 Å². The van der Waals surface area contributed by atoms with Crippen LogP contribution in [0.4, 0.5) is 0 Å². The van der Waals surface area contributed by atoms with Gasteiger partial charge in [0, 0.05) is 60.0 Å². The molecule has 0 N–H and O–H groups in total. The number of rotatable bonds is 3. The predicted octanol–water partition coefficient (Wildman–Crippen LogP) is 12.9. The molecule has 4 heterocycles. The minimum atomic E-state index is 0.240. The summed E-state index contributed by atoms with van der Waals surface area (Å²) in [5.41, 5.74) is 11.2. The molecule has 0 fully saturated rings. The van der Waals surface area contributed by atoms with Gasteiger partial charge in [-0.3, -0.25) is 0 Å². The Bertz CT molecular complexity index is 3330. The van der Waals surface area contributed by atoms with E-state index in [9.17, 15) is 0 Å². The van der Waals surface area contributed by atoms with Gasteiger partial charge in [-0.1, -0.05) is 121 Å². The van der Waals surface area contributed by atoms with Crippen molar-refractivity contribution in [3.05, 3.63) is 170 Å². The van der Waals surface area contributed by atoms with Crippen LogP contribution in [0.2, 0.25) is 0 Å². The average Bonchev–Trinajstić information content (AvgIpc) is 3.95. The highest BCUT2D eigenvalue weighted by Gasteiger charge is 2.28. The van der Waals surface area contributed by atoms with E-state index >= 15 is 0 Å². The normalized spacial score (nSPS) is 14.9. The van der Waals surface area contributed by atoms with Crippen molar-refractivity contribution in [3.8, 4) is 11.4 Å². The number of nitrogens with zero attached hydrogens (tertiary/aromatic N) is 3. The Morgan fingerprint density at radius 1 is 0.462 bits per heavy atom. The van der Waals surface area contributed by atoms with Gasteiger partial charge in [-0.15, -0.1) is 0 Å². The molecule has 12 rings (SSSR count). The summed E-state index contributed by atoms with van der Waals surface area (Å²) in [5, 5.41) is 9.67. The lowest BCUT2D eigenvalue weighted by atomic mass is 10.0. The minimum Gasteiger partial charge on any atom is -0.454 e. The third kappa shape index (κ3) is 3.60. The molecule has 0 saturated heterocycles. The van der Waals surface area contributed by atoms with E-state index in [1.54, 1.807) is 0 Å². The number of hydrogen-bond donors (Lipinski definition) is 0. The molecule has 0 aliphatic heterocycles. The van der Waals surface area contributed by atoms with Crippen molar-refractivity contribution in [3.63, 3.8) is 0 Å². The molecule has 0 saturated carbocycles. The summed E-state index contributed by atoms with van der Waals surface area (Å²) in [7, 11) is 0. The highest BCUT2D eigenvalue weighted by molar-refractivity contribution is 6.39. The van der Waals surface area contributed by atoms with Crippen LogP contribution in [-0.4, -0.2) is 13.7 Å². The second-order valence-electron chi connectivity index (χ2n) is 14.0. The molecular weight excluding hydrogens is 635 g/mol. The minimum absolute atomic E-state index is 0.240. The van der Waals surface area contributed by atoms with Crippen LogP contribution in [0.5, 0.6) is 0 Å². The standard InChI is InChI=1S/C48H31N3O/c1-3-15-30(16-4-1)49-38-23-11-7-19-33(38)34-28-27-32(29-41(34)49)51-40-25-13-9-21-36(40)45-46-43(44-37-22-10-14-26-42(37)52-48(44)47(45)51)35-20-8-12-24-39(35)50(46)31-17-5-2-6-18-31/h1-15,17-30H,16H2. The lowest BCUT2D eigenvalue weighted by Crippen LogP contribution is -2.07. The Morgan fingerprint density at radius 3 is 1.87 bits per heavy atom. The van der Waals surface area contributed by atoms with E-state index < -0.39 is 0 Å². The van der Waals surface area contributed by atoms with Crippen molar-refractivity contribution >= 4 is 87.4 Å². The van der Waals surface area contributed by atoms with Crippen LogP contribution in [0.1, 0.15) is 12.5 Å². The fourth-order valence-electron chi connectivity index (χ4n) is 9.24. The first kappa shape index (κ1) is 28.0. The summed E-state index contributed by atoms with van der Waals surface area (Å²) in [6.45, 7) is 0. The van der Waals surface area contributed by atoms with Crippen molar-refractivity contribution in [1.82, 2.24) is 13.7 Å². The maximum absolute atomic E-state index is 7.03. The largest absolute Gasteiger partial charge is 0.454 e. The summed E-state index contributed by atoms with van der Waals surface area (Å²) in [4.78, 5) is 0. The van der Waals surface area contributed by atoms with E-state index in [0.717, 1.165) is 50.8 Å². The summed E-state index contributed by atoms with van der Waals surface area (Å²) in [6.07, 6.45) is 9.90. The molecule has 1 atom stereocenters. The van der Waals surface area contributed by atoms with Gasteiger partial charge in [0.1, 0.15) is 5.58 Å². The molecule has 244 valence electrons. The van der Waals surface area contributed by atoms with Crippen LogP contribution in [0.25, 0.3) is 98.7 Å². The number of hydrogen-bond acceptors (Lipinski definition) is 1. The number of fused-ring (bicyclic) bond motifs is 15. The topological polar surface area (TPSA) is 27.9 Å². The van der Waals surface area contributed by atoms with E-state index in [1.165, 1.54) is 54.4 Å². The van der Waals surface area contributed by atoms with Crippen molar-refractivity contribution in [2.75, 3.05) is 0 Å². The van der Waals surface area contributed by atoms with Gasteiger partial charge in [-0.2, -0.15) is 0 Å². The Kier molecular flexibility index (Phi) is 5.58. The quantitative estimate of drug-likeness (QED) is 0.185. The number of allylic oxidation sites excluding steroid dienone is 4. The number of benzene rings is 7. The van der Waals surface area contributed by atoms with Crippen molar-refractivity contribution in [1.29, 1.82) is 0 Å². The summed E-state index contributed by atoms with van der Waals surface area (Å²) < 4.78 is 14.5. The summed E-state index contributed by atoms with van der Waals surface area (Å²) in [6, 6.07) is 53.1. The molecule has 1 aliphatic carbocycles. The molecule has 0 bridgehead atoms. The molecule has 11 aromatic rings. The highest BCUT2D eigenvalue weighted by atomic mass is 16.3. The molecule has 4 heteroatoms. The van der Waals surface area contributed by atoms with Crippen LogP contribution in [-0.2, 0) is 0 Å². The zero-order valence-electron chi connectivity index (χ0n) is 28.2. The van der Waals surface area contributed by atoms with Crippen molar-refractivity contribution < 1.29 is 4.42 Å². The van der Waals surface area contributed by atoms with Gasteiger partial charge in [-0.25, -0.2) is 0 Å². The number of aromatic nitrogens is 3. The Labute approximate surface area is 298 Å². The predicted molar refractivity (Wildman–Crippen MR) is 217 cm³/mol. The van der Waals surface area contributed by atoms with Gasteiger partial charge in [0.05, 0.1) is 33.6 Å². The maximum atomic E-state index is 7.03. The molecule has 4 nitrogen and oxygen atoms in total. The summed E-state index contributed by atoms with van der Waals surface area (Å²) in [5.74, 6) is 0. The van der Waals surface area contributed by atoms with Gasteiger partial charge >= 0.3 is 0 Å². The fraction of sp³-hybridized carbons (Fsp3) is 0.0417. The van der Waals surface area contributed by atoms with Crippen molar-refractivity contribution in [2.45, 2.75) is 12.5 Å². The Balaban J connectivity index is 1.32. The first-order chi connectivity index (χ1) is 25.8. The van der Waals surface area contributed by atoms with Gasteiger partial charge in [0.2, 0.25) is 0 Å². The second-order valence-corrected chi connectivity index (χ2v) is 14.0. The maximum Gasteiger partial charge on any atom is 0.160 e. The van der Waals surface area contributed by atoms with Crippen LogP contribution < -0.4 is 0 Å². The van der Waals surface area contributed by atoms with E-state index in [-0.39, 0.29) is 6.04 Å². The third-order valence-corrected chi connectivity index (χ3v) is 11.3. The average molecular weight is 666 g/mol. The smallest absolute Gasteiger partial charge is 0.160 e. The van der Waals surface area contributed by atoms with E-state index in [1.807, 2.05) is 0 Å². The summed E-state index contributed by atoms with van der Waals surface area (Å²) >= 11 is 0. The monoisotopic (exact) mass is 665 g/mol.